The van der Waals surface area contributed by atoms with Crippen molar-refractivity contribution >= 4 is 40.5 Å². The van der Waals surface area contributed by atoms with Crippen LogP contribution < -0.4 is 16.4 Å². The summed E-state index contributed by atoms with van der Waals surface area (Å²) in [6.45, 7) is 3.73. The van der Waals surface area contributed by atoms with E-state index in [-0.39, 0.29) is 0 Å². The Balaban J connectivity index is 2.05. The van der Waals surface area contributed by atoms with Crippen LogP contribution in [0.15, 0.2) is 36.4 Å². The summed E-state index contributed by atoms with van der Waals surface area (Å²) in [5.74, 6) is -1.59. The minimum atomic E-state index is -0.799. The second-order valence-corrected chi connectivity index (χ2v) is 5.37. The molecule has 0 spiro atoms. The molecule has 2 amide bonds. The molecular weight excluding hydrogens is 302 g/mol. The number of hydrogen-bond acceptors (Lipinski definition) is 3. The minimum Gasteiger partial charge on any atom is -0.397 e. The average Bonchev–Trinajstić information content (AvgIpc) is 2.45. The molecule has 22 heavy (non-hydrogen) atoms. The number of hydrogen-bond donors (Lipinski definition) is 3. The Morgan fingerprint density at radius 1 is 1.00 bits per heavy atom. The summed E-state index contributed by atoms with van der Waals surface area (Å²) in [4.78, 5) is 23.8. The lowest BCUT2D eigenvalue weighted by molar-refractivity contribution is -0.132. The van der Waals surface area contributed by atoms with Gasteiger partial charge in [0.2, 0.25) is 0 Å². The largest absolute Gasteiger partial charge is 0.397 e. The monoisotopic (exact) mass is 317 g/mol. The fourth-order valence-electron chi connectivity index (χ4n) is 1.83. The lowest BCUT2D eigenvalue weighted by atomic mass is 10.2. The van der Waals surface area contributed by atoms with Gasteiger partial charge < -0.3 is 16.4 Å². The molecule has 0 radical (unpaired) electrons. The zero-order chi connectivity index (χ0) is 16.3. The van der Waals surface area contributed by atoms with E-state index in [1.165, 1.54) is 0 Å². The molecule has 0 saturated heterocycles. The Kier molecular flexibility index (Phi) is 4.68. The molecule has 0 aliphatic carbocycles. The fourth-order valence-corrected chi connectivity index (χ4v) is 2.01. The summed E-state index contributed by atoms with van der Waals surface area (Å²) >= 11 is 5.97. The van der Waals surface area contributed by atoms with Crippen molar-refractivity contribution in [3.63, 3.8) is 0 Å². The molecule has 2 aromatic rings. The number of benzene rings is 2. The van der Waals surface area contributed by atoms with Gasteiger partial charge in [-0.05, 0) is 49.2 Å². The molecule has 0 aliphatic heterocycles. The topological polar surface area (TPSA) is 84.2 Å². The van der Waals surface area contributed by atoms with Crippen LogP contribution in [0.2, 0.25) is 5.02 Å². The van der Waals surface area contributed by atoms with Crippen molar-refractivity contribution in [2.45, 2.75) is 13.8 Å². The quantitative estimate of drug-likeness (QED) is 0.587. The van der Waals surface area contributed by atoms with E-state index in [9.17, 15) is 9.59 Å². The molecule has 0 heterocycles. The number of halogens is 1. The summed E-state index contributed by atoms with van der Waals surface area (Å²) in [6.07, 6.45) is 0. The molecule has 0 saturated carbocycles. The van der Waals surface area contributed by atoms with Gasteiger partial charge in [-0.25, -0.2) is 0 Å². The number of carbonyl (C=O) groups excluding carboxylic acids is 2. The van der Waals surface area contributed by atoms with Crippen LogP contribution in [0.1, 0.15) is 11.1 Å². The van der Waals surface area contributed by atoms with Gasteiger partial charge in [-0.15, -0.1) is 0 Å². The van der Waals surface area contributed by atoms with E-state index in [0.717, 1.165) is 11.1 Å². The Morgan fingerprint density at radius 2 is 1.68 bits per heavy atom. The van der Waals surface area contributed by atoms with Crippen molar-refractivity contribution < 1.29 is 9.59 Å². The fraction of sp³-hybridized carbons (Fsp3) is 0.125. The van der Waals surface area contributed by atoms with Gasteiger partial charge in [-0.1, -0.05) is 23.7 Å². The highest BCUT2D eigenvalue weighted by atomic mass is 35.5. The van der Waals surface area contributed by atoms with Crippen LogP contribution >= 0.6 is 11.6 Å². The summed E-state index contributed by atoms with van der Waals surface area (Å²) in [7, 11) is 0. The molecule has 2 aromatic carbocycles. The summed E-state index contributed by atoms with van der Waals surface area (Å²) in [5, 5.41) is 5.47. The van der Waals surface area contributed by atoms with Gasteiger partial charge in [-0.2, -0.15) is 0 Å². The standard InChI is InChI=1S/C16H16ClN3O2/c1-9-3-6-14(13(18)7-9)20-16(22)15(21)19-11-5-4-10(2)12(17)8-11/h3-8H,18H2,1-2H3,(H,19,21)(H,20,22). The highest BCUT2D eigenvalue weighted by Crippen LogP contribution is 2.21. The van der Waals surface area contributed by atoms with Gasteiger partial charge in [0, 0.05) is 10.7 Å². The molecule has 0 unspecified atom stereocenters. The van der Waals surface area contributed by atoms with Gasteiger partial charge in [0.25, 0.3) is 0 Å². The highest BCUT2D eigenvalue weighted by Gasteiger charge is 2.15. The first-order valence-corrected chi connectivity index (χ1v) is 6.99. The summed E-state index contributed by atoms with van der Waals surface area (Å²) in [5.41, 5.74) is 8.90. The van der Waals surface area contributed by atoms with Gasteiger partial charge in [0.05, 0.1) is 11.4 Å². The molecule has 0 fully saturated rings. The summed E-state index contributed by atoms with van der Waals surface area (Å²) < 4.78 is 0. The van der Waals surface area contributed by atoms with Gasteiger partial charge in [-0.3, -0.25) is 9.59 Å². The van der Waals surface area contributed by atoms with Crippen LogP contribution in [-0.2, 0) is 9.59 Å². The molecule has 0 aliphatic rings. The van der Waals surface area contributed by atoms with E-state index in [2.05, 4.69) is 10.6 Å². The van der Waals surface area contributed by atoms with Gasteiger partial charge in [0.15, 0.2) is 0 Å². The van der Waals surface area contributed by atoms with Crippen molar-refractivity contribution in [3.8, 4) is 0 Å². The van der Waals surface area contributed by atoms with E-state index in [0.29, 0.717) is 22.1 Å². The third-order valence-electron chi connectivity index (χ3n) is 3.09. The van der Waals surface area contributed by atoms with Crippen LogP contribution in [0, 0.1) is 13.8 Å². The van der Waals surface area contributed by atoms with E-state index in [4.69, 9.17) is 17.3 Å². The Labute approximate surface area is 133 Å². The second-order valence-electron chi connectivity index (χ2n) is 4.96. The molecule has 2 rings (SSSR count). The number of nitrogens with two attached hydrogens (primary N) is 1. The Hall–Kier alpha value is -2.53. The first-order chi connectivity index (χ1) is 10.4. The molecule has 4 N–H and O–H groups in total. The van der Waals surface area contributed by atoms with E-state index >= 15 is 0 Å². The van der Waals surface area contributed by atoms with Gasteiger partial charge in [0.1, 0.15) is 0 Å². The third kappa shape index (κ3) is 3.77. The van der Waals surface area contributed by atoms with Crippen molar-refractivity contribution in [1.82, 2.24) is 0 Å². The van der Waals surface area contributed by atoms with Crippen LogP contribution in [0.5, 0.6) is 0 Å². The Bertz CT molecular complexity index is 744. The SMILES string of the molecule is Cc1ccc(NC(=O)C(=O)Nc2ccc(C)c(Cl)c2)c(N)c1. The van der Waals surface area contributed by atoms with Crippen molar-refractivity contribution in [2.24, 2.45) is 0 Å². The lowest BCUT2D eigenvalue weighted by Gasteiger charge is -2.09. The molecule has 0 bridgehead atoms. The first-order valence-electron chi connectivity index (χ1n) is 6.61. The van der Waals surface area contributed by atoms with E-state index in [1.54, 1.807) is 36.4 Å². The maximum absolute atomic E-state index is 11.9. The number of carbonyl (C=O) groups is 2. The van der Waals surface area contributed by atoms with Crippen LogP contribution in [0.25, 0.3) is 0 Å². The van der Waals surface area contributed by atoms with E-state index < -0.39 is 11.8 Å². The first kappa shape index (κ1) is 15.9. The predicted octanol–water partition coefficient (Wildman–Crippen LogP) is 3.12. The highest BCUT2D eigenvalue weighted by molar-refractivity contribution is 6.44. The molecule has 0 atom stereocenters. The van der Waals surface area contributed by atoms with Crippen LogP contribution in [0.3, 0.4) is 0 Å². The van der Waals surface area contributed by atoms with Crippen LogP contribution in [0.4, 0.5) is 17.1 Å². The van der Waals surface area contributed by atoms with E-state index in [1.807, 2.05) is 13.8 Å². The maximum Gasteiger partial charge on any atom is 0.314 e. The number of rotatable bonds is 2. The number of anilines is 3. The third-order valence-corrected chi connectivity index (χ3v) is 3.50. The number of nitrogens with one attached hydrogen (secondary N) is 2. The molecule has 6 heteroatoms. The van der Waals surface area contributed by atoms with Crippen molar-refractivity contribution in [3.05, 3.63) is 52.5 Å². The minimum absolute atomic E-state index is 0.396. The lowest BCUT2D eigenvalue weighted by Crippen LogP contribution is -2.29. The van der Waals surface area contributed by atoms with Crippen molar-refractivity contribution in [1.29, 1.82) is 0 Å². The summed E-state index contributed by atoms with van der Waals surface area (Å²) in [6, 6.07) is 10.2. The maximum atomic E-state index is 11.9. The number of aryl methyl sites for hydroxylation is 2. The predicted molar refractivity (Wildman–Crippen MR) is 89.0 cm³/mol. The molecule has 5 nitrogen and oxygen atoms in total. The normalized spacial score (nSPS) is 10.1. The van der Waals surface area contributed by atoms with Crippen molar-refractivity contribution in [2.75, 3.05) is 16.4 Å². The van der Waals surface area contributed by atoms with Gasteiger partial charge >= 0.3 is 11.8 Å². The molecule has 0 aromatic heterocycles. The van der Waals surface area contributed by atoms with Crippen LogP contribution in [-0.4, -0.2) is 11.8 Å². The smallest absolute Gasteiger partial charge is 0.314 e. The zero-order valence-electron chi connectivity index (χ0n) is 12.2. The average molecular weight is 318 g/mol. The number of nitrogen functional groups attached to an aromatic ring is 1. The molecular formula is C16H16ClN3O2. The second kappa shape index (κ2) is 6.49. The zero-order valence-corrected chi connectivity index (χ0v) is 13.0. The number of amides is 2. The molecule has 114 valence electrons. The Morgan fingerprint density at radius 3 is 2.32 bits per heavy atom.